The molecule has 0 aliphatic carbocycles. The van der Waals surface area contributed by atoms with E-state index < -0.39 is 0 Å². The van der Waals surface area contributed by atoms with Crippen LogP contribution in [0.25, 0.3) is 0 Å². The molecule has 112 valence electrons. The number of nitrogens with one attached hydrogen (secondary N) is 1. The van der Waals surface area contributed by atoms with Gasteiger partial charge in [0.2, 0.25) is 0 Å². The molecule has 1 aliphatic heterocycles. The molecule has 1 aromatic rings. The molecule has 0 radical (unpaired) electrons. The lowest BCUT2D eigenvalue weighted by molar-refractivity contribution is -0.0279. The second-order valence-electron chi connectivity index (χ2n) is 6.19. The number of rotatable bonds is 4. The van der Waals surface area contributed by atoms with Crippen LogP contribution < -0.4 is 10.2 Å². The largest absolute Gasteiger partial charge is 0.372 e. The average molecular weight is 277 g/mol. The minimum Gasteiger partial charge on any atom is -0.372 e. The Morgan fingerprint density at radius 2 is 2.15 bits per heavy atom. The fourth-order valence-electron chi connectivity index (χ4n) is 2.77. The maximum atomic E-state index is 5.81. The summed E-state index contributed by atoms with van der Waals surface area (Å²) in [5.41, 5.74) is 3.61. The number of nitrogens with zero attached hydrogens (tertiary/aromatic N) is 2. The average Bonchev–Trinajstić information content (AvgIpc) is 2.35. The Bertz CT molecular complexity index is 471. The molecule has 0 bridgehead atoms. The summed E-state index contributed by atoms with van der Waals surface area (Å²) in [6, 6.07) is 2.17. The third-order valence-corrected chi connectivity index (χ3v) is 3.73. The van der Waals surface area contributed by atoms with Gasteiger partial charge in [-0.05, 0) is 45.9 Å². The van der Waals surface area contributed by atoms with Crippen LogP contribution in [0.4, 0.5) is 5.82 Å². The Balaban J connectivity index is 2.33. The zero-order valence-electron chi connectivity index (χ0n) is 13.4. The van der Waals surface area contributed by atoms with Crippen molar-refractivity contribution in [1.82, 2.24) is 10.3 Å². The molecular formula is C16H27N3O. The Morgan fingerprint density at radius 3 is 2.80 bits per heavy atom. The molecule has 2 rings (SSSR count). The van der Waals surface area contributed by atoms with Gasteiger partial charge in [-0.2, -0.15) is 0 Å². The molecule has 1 fully saturated rings. The molecule has 0 atom stereocenters. The van der Waals surface area contributed by atoms with Crippen LogP contribution in [0.15, 0.2) is 6.07 Å². The van der Waals surface area contributed by atoms with Gasteiger partial charge in [-0.25, -0.2) is 4.98 Å². The van der Waals surface area contributed by atoms with Gasteiger partial charge in [0, 0.05) is 30.9 Å². The van der Waals surface area contributed by atoms with Crippen molar-refractivity contribution in [3.05, 3.63) is 22.9 Å². The van der Waals surface area contributed by atoms with Crippen molar-refractivity contribution in [2.45, 2.75) is 46.8 Å². The summed E-state index contributed by atoms with van der Waals surface area (Å²) in [6.45, 7) is 15.1. The van der Waals surface area contributed by atoms with Crippen LogP contribution in [0, 0.1) is 13.8 Å². The highest BCUT2D eigenvalue weighted by molar-refractivity contribution is 5.52. The van der Waals surface area contributed by atoms with E-state index in [-0.39, 0.29) is 5.60 Å². The van der Waals surface area contributed by atoms with E-state index in [1.54, 1.807) is 0 Å². The minimum atomic E-state index is -0.104. The van der Waals surface area contributed by atoms with E-state index in [4.69, 9.17) is 9.72 Å². The van der Waals surface area contributed by atoms with Gasteiger partial charge in [-0.3, -0.25) is 0 Å². The van der Waals surface area contributed by atoms with Gasteiger partial charge in [0.15, 0.2) is 0 Å². The smallest absolute Gasteiger partial charge is 0.133 e. The van der Waals surface area contributed by atoms with E-state index in [0.29, 0.717) is 0 Å². The lowest BCUT2D eigenvalue weighted by atomic mass is 10.0. The SMILES string of the molecule is CCNCc1c(C)cc(C)nc1N1CCOC(C)(C)C1. The van der Waals surface area contributed by atoms with Crippen molar-refractivity contribution in [3.63, 3.8) is 0 Å². The van der Waals surface area contributed by atoms with Crippen molar-refractivity contribution < 1.29 is 4.74 Å². The fraction of sp³-hybridized carbons (Fsp3) is 0.688. The molecule has 0 saturated carbocycles. The molecule has 1 saturated heterocycles. The van der Waals surface area contributed by atoms with E-state index in [9.17, 15) is 0 Å². The van der Waals surface area contributed by atoms with Gasteiger partial charge in [0.05, 0.1) is 12.2 Å². The molecule has 0 spiro atoms. The summed E-state index contributed by atoms with van der Waals surface area (Å²) in [5, 5.41) is 3.43. The Morgan fingerprint density at radius 1 is 1.40 bits per heavy atom. The molecule has 4 nitrogen and oxygen atoms in total. The maximum Gasteiger partial charge on any atom is 0.133 e. The zero-order valence-corrected chi connectivity index (χ0v) is 13.4. The lowest BCUT2D eigenvalue weighted by Gasteiger charge is -2.39. The topological polar surface area (TPSA) is 37.4 Å². The third kappa shape index (κ3) is 3.49. The number of hydrogen-bond acceptors (Lipinski definition) is 4. The van der Waals surface area contributed by atoms with Gasteiger partial charge in [-0.1, -0.05) is 6.92 Å². The molecule has 20 heavy (non-hydrogen) atoms. The number of hydrogen-bond donors (Lipinski definition) is 1. The van der Waals surface area contributed by atoms with E-state index in [1.807, 2.05) is 0 Å². The Labute approximate surface area is 122 Å². The van der Waals surface area contributed by atoms with Gasteiger partial charge in [0.25, 0.3) is 0 Å². The first-order valence-electron chi connectivity index (χ1n) is 7.49. The molecule has 1 aliphatic rings. The van der Waals surface area contributed by atoms with Crippen molar-refractivity contribution in [2.24, 2.45) is 0 Å². The molecule has 0 unspecified atom stereocenters. The van der Waals surface area contributed by atoms with Crippen LogP contribution in [-0.2, 0) is 11.3 Å². The standard InChI is InChI=1S/C16H27N3O/c1-6-17-10-14-12(2)9-13(3)18-15(14)19-7-8-20-16(4,5)11-19/h9,17H,6-8,10-11H2,1-5H3. The summed E-state index contributed by atoms with van der Waals surface area (Å²) >= 11 is 0. The fourth-order valence-corrected chi connectivity index (χ4v) is 2.77. The molecule has 0 amide bonds. The number of pyridine rings is 1. The Hall–Kier alpha value is -1.13. The molecule has 1 aromatic heterocycles. The van der Waals surface area contributed by atoms with Gasteiger partial charge in [0.1, 0.15) is 5.82 Å². The zero-order chi connectivity index (χ0) is 14.8. The lowest BCUT2D eigenvalue weighted by Crippen LogP contribution is -2.49. The van der Waals surface area contributed by atoms with E-state index in [2.05, 4.69) is 50.9 Å². The number of anilines is 1. The summed E-state index contributed by atoms with van der Waals surface area (Å²) in [7, 11) is 0. The molecule has 2 heterocycles. The Kier molecular flexibility index (Phi) is 4.66. The third-order valence-electron chi connectivity index (χ3n) is 3.73. The number of morpholine rings is 1. The van der Waals surface area contributed by atoms with Crippen LogP contribution >= 0.6 is 0 Å². The van der Waals surface area contributed by atoms with Gasteiger partial charge < -0.3 is 15.0 Å². The predicted molar refractivity (Wildman–Crippen MR) is 83.3 cm³/mol. The second kappa shape index (κ2) is 6.10. The highest BCUT2D eigenvalue weighted by atomic mass is 16.5. The van der Waals surface area contributed by atoms with Gasteiger partial charge in [-0.15, -0.1) is 0 Å². The quantitative estimate of drug-likeness (QED) is 0.917. The highest BCUT2D eigenvalue weighted by Crippen LogP contribution is 2.27. The summed E-state index contributed by atoms with van der Waals surface area (Å²) < 4.78 is 5.81. The van der Waals surface area contributed by atoms with Crippen molar-refractivity contribution in [2.75, 3.05) is 31.1 Å². The molecular weight excluding hydrogens is 250 g/mol. The number of ether oxygens (including phenoxy) is 1. The van der Waals surface area contributed by atoms with E-state index in [0.717, 1.165) is 44.3 Å². The van der Waals surface area contributed by atoms with Crippen molar-refractivity contribution in [3.8, 4) is 0 Å². The van der Waals surface area contributed by atoms with Crippen LogP contribution in [-0.4, -0.2) is 36.8 Å². The normalized spacial score (nSPS) is 18.4. The summed E-state index contributed by atoms with van der Waals surface area (Å²) in [5.74, 6) is 1.12. The second-order valence-corrected chi connectivity index (χ2v) is 6.19. The van der Waals surface area contributed by atoms with Crippen LogP contribution in [0.5, 0.6) is 0 Å². The van der Waals surface area contributed by atoms with Crippen LogP contribution in [0.1, 0.15) is 37.6 Å². The molecule has 0 aromatic carbocycles. The molecule has 1 N–H and O–H groups in total. The number of aryl methyl sites for hydroxylation is 2. The number of aromatic nitrogens is 1. The first-order chi connectivity index (χ1) is 9.43. The monoisotopic (exact) mass is 277 g/mol. The van der Waals surface area contributed by atoms with Crippen molar-refractivity contribution >= 4 is 5.82 Å². The predicted octanol–water partition coefficient (Wildman–Crippen LogP) is 2.42. The van der Waals surface area contributed by atoms with E-state index >= 15 is 0 Å². The summed E-state index contributed by atoms with van der Waals surface area (Å²) in [4.78, 5) is 7.18. The first kappa shape index (κ1) is 15.3. The first-order valence-corrected chi connectivity index (χ1v) is 7.49. The summed E-state index contributed by atoms with van der Waals surface area (Å²) in [6.07, 6.45) is 0. The molecule has 4 heteroatoms. The van der Waals surface area contributed by atoms with Crippen molar-refractivity contribution in [1.29, 1.82) is 0 Å². The van der Waals surface area contributed by atoms with Gasteiger partial charge >= 0.3 is 0 Å². The van der Waals surface area contributed by atoms with E-state index in [1.165, 1.54) is 11.1 Å². The van der Waals surface area contributed by atoms with Crippen LogP contribution in [0.3, 0.4) is 0 Å². The van der Waals surface area contributed by atoms with Crippen LogP contribution in [0.2, 0.25) is 0 Å². The highest BCUT2D eigenvalue weighted by Gasteiger charge is 2.29. The minimum absolute atomic E-state index is 0.104. The maximum absolute atomic E-state index is 5.81.